The lowest BCUT2D eigenvalue weighted by molar-refractivity contribution is 0.356. The van der Waals surface area contributed by atoms with Crippen molar-refractivity contribution in [1.29, 1.82) is 0 Å². The van der Waals surface area contributed by atoms with Gasteiger partial charge in [-0.1, -0.05) is 6.92 Å². The van der Waals surface area contributed by atoms with Gasteiger partial charge in [0, 0.05) is 19.5 Å². The summed E-state index contributed by atoms with van der Waals surface area (Å²) in [6.07, 6.45) is 1.81. The van der Waals surface area contributed by atoms with Crippen LogP contribution in [-0.4, -0.2) is 34.7 Å². The second kappa shape index (κ2) is 6.36. The molecule has 106 valence electrons. The Morgan fingerprint density at radius 1 is 1.26 bits per heavy atom. The predicted molar refractivity (Wildman–Crippen MR) is 74.0 cm³/mol. The van der Waals surface area contributed by atoms with Crippen LogP contribution in [0.5, 0.6) is 5.75 Å². The molecule has 0 amide bonds. The Labute approximate surface area is 114 Å². The van der Waals surface area contributed by atoms with Crippen molar-refractivity contribution in [3.8, 4) is 5.75 Å². The number of nitrogens with one attached hydrogen (secondary N) is 2. The molecule has 0 atom stereocenters. The summed E-state index contributed by atoms with van der Waals surface area (Å²) in [6, 6.07) is 5.02. The van der Waals surface area contributed by atoms with Crippen molar-refractivity contribution in [1.82, 2.24) is 10.0 Å². The van der Waals surface area contributed by atoms with Gasteiger partial charge in [-0.05, 0) is 36.7 Å². The van der Waals surface area contributed by atoms with Crippen molar-refractivity contribution >= 4 is 10.0 Å². The van der Waals surface area contributed by atoms with Gasteiger partial charge in [-0.15, -0.1) is 0 Å². The zero-order valence-corrected chi connectivity index (χ0v) is 11.9. The summed E-state index contributed by atoms with van der Waals surface area (Å²) in [5.41, 5.74) is 0.965. The van der Waals surface area contributed by atoms with Crippen molar-refractivity contribution in [3.05, 3.63) is 23.8 Å². The molecule has 0 aromatic heterocycles. The molecule has 0 fully saturated rings. The zero-order valence-electron chi connectivity index (χ0n) is 11.1. The highest BCUT2D eigenvalue weighted by atomic mass is 32.2. The summed E-state index contributed by atoms with van der Waals surface area (Å²) in [6.45, 7) is 4.64. The summed E-state index contributed by atoms with van der Waals surface area (Å²) in [4.78, 5) is 0.312. The van der Waals surface area contributed by atoms with Crippen molar-refractivity contribution in [3.63, 3.8) is 0 Å². The van der Waals surface area contributed by atoms with E-state index in [-0.39, 0.29) is 0 Å². The molecule has 5 nitrogen and oxygen atoms in total. The van der Waals surface area contributed by atoms with Gasteiger partial charge in [0.05, 0.1) is 11.5 Å². The summed E-state index contributed by atoms with van der Waals surface area (Å²) >= 11 is 0. The maximum absolute atomic E-state index is 12.1. The molecule has 0 spiro atoms. The normalized spacial score (nSPS) is 14.2. The van der Waals surface area contributed by atoms with Crippen molar-refractivity contribution < 1.29 is 13.2 Å². The molecule has 1 aromatic carbocycles. The molecule has 1 aromatic rings. The van der Waals surface area contributed by atoms with Crippen LogP contribution in [0.4, 0.5) is 0 Å². The van der Waals surface area contributed by atoms with Crippen LogP contribution in [0.15, 0.2) is 23.1 Å². The molecule has 0 bridgehead atoms. The molecule has 1 aliphatic heterocycles. The Morgan fingerprint density at radius 3 is 2.89 bits per heavy atom. The number of benzene rings is 1. The van der Waals surface area contributed by atoms with Crippen molar-refractivity contribution in [2.45, 2.75) is 24.7 Å². The topological polar surface area (TPSA) is 67.4 Å². The first kappa shape index (κ1) is 14.3. The Balaban J connectivity index is 1.95. The lowest BCUT2D eigenvalue weighted by Crippen LogP contribution is -2.32. The Kier molecular flexibility index (Phi) is 4.79. The average Bonchev–Trinajstić information content (AvgIpc) is 2.85. The summed E-state index contributed by atoms with van der Waals surface area (Å²) in [5, 5.41) is 3.15. The van der Waals surface area contributed by atoms with Crippen LogP contribution in [0.3, 0.4) is 0 Å². The lowest BCUT2D eigenvalue weighted by Gasteiger charge is -2.08. The van der Waals surface area contributed by atoms with Crippen molar-refractivity contribution in [2.24, 2.45) is 0 Å². The van der Waals surface area contributed by atoms with Gasteiger partial charge in [0.15, 0.2) is 0 Å². The van der Waals surface area contributed by atoms with Gasteiger partial charge in [-0.25, -0.2) is 13.1 Å². The van der Waals surface area contributed by atoms with Gasteiger partial charge in [-0.3, -0.25) is 0 Å². The maximum atomic E-state index is 12.1. The molecule has 0 saturated heterocycles. The molecule has 1 aliphatic rings. The van der Waals surface area contributed by atoms with E-state index in [0.29, 0.717) is 24.6 Å². The van der Waals surface area contributed by atoms with Gasteiger partial charge in [0.1, 0.15) is 5.75 Å². The SMILES string of the molecule is CCCNCCNS(=O)(=O)c1ccc2c(c1)CCO2. The second-order valence-corrected chi connectivity index (χ2v) is 6.28. The fourth-order valence-electron chi connectivity index (χ4n) is 1.99. The van der Waals surface area contributed by atoms with Gasteiger partial charge in [0.2, 0.25) is 10.0 Å². The average molecular weight is 284 g/mol. The highest BCUT2D eigenvalue weighted by Gasteiger charge is 2.18. The van der Waals surface area contributed by atoms with Gasteiger partial charge >= 0.3 is 0 Å². The monoisotopic (exact) mass is 284 g/mol. The third kappa shape index (κ3) is 3.68. The molecule has 1 heterocycles. The Hall–Kier alpha value is -1.11. The van der Waals surface area contributed by atoms with Gasteiger partial charge in [-0.2, -0.15) is 0 Å². The fraction of sp³-hybridized carbons (Fsp3) is 0.538. The minimum Gasteiger partial charge on any atom is -0.493 e. The highest BCUT2D eigenvalue weighted by Crippen LogP contribution is 2.27. The van der Waals surface area contributed by atoms with Crippen LogP contribution in [-0.2, 0) is 16.4 Å². The van der Waals surface area contributed by atoms with E-state index in [9.17, 15) is 8.42 Å². The van der Waals surface area contributed by atoms with Crippen LogP contribution in [0.25, 0.3) is 0 Å². The number of rotatable bonds is 7. The van der Waals surface area contributed by atoms with E-state index in [1.54, 1.807) is 18.2 Å². The number of ether oxygens (including phenoxy) is 1. The second-order valence-electron chi connectivity index (χ2n) is 4.52. The highest BCUT2D eigenvalue weighted by molar-refractivity contribution is 7.89. The van der Waals surface area contributed by atoms with E-state index >= 15 is 0 Å². The van der Waals surface area contributed by atoms with Gasteiger partial charge in [0.25, 0.3) is 0 Å². The van der Waals surface area contributed by atoms with E-state index in [0.717, 1.165) is 30.7 Å². The third-order valence-electron chi connectivity index (χ3n) is 2.99. The standard InChI is InChI=1S/C13H20N2O3S/c1-2-6-14-7-8-15-19(16,17)12-3-4-13-11(10-12)5-9-18-13/h3-4,10,14-15H,2,5-9H2,1H3. The van der Waals surface area contributed by atoms with E-state index in [4.69, 9.17) is 4.74 Å². The third-order valence-corrected chi connectivity index (χ3v) is 4.45. The molecule has 2 N–H and O–H groups in total. The molecule has 0 radical (unpaired) electrons. The fourth-order valence-corrected chi connectivity index (χ4v) is 3.07. The molecule has 19 heavy (non-hydrogen) atoms. The number of hydrogen-bond donors (Lipinski definition) is 2. The Morgan fingerprint density at radius 2 is 2.11 bits per heavy atom. The quantitative estimate of drug-likeness (QED) is 0.730. The van der Waals surface area contributed by atoms with E-state index < -0.39 is 10.0 Å². The largest absolute Gasteiger partial charge is 0.493 e. The summed E-state index contributed by atoms with van der Waals surface area (Å²) in [5.74, 6) is 0.795. The smallest absolute Gasteiger partial charge is 0.240 e. The van der Waals surface area contributed by atoms with Crippen LogP contribution >= 0.6 is 0 Å². The minimum absolute atomic E-state index is 0.312. The van der Waals surface area contributed by atoms with E-state index in [2.05, 4.69) is 17.0 Å². The van der Waals surface area contributed by atoms with E-state index in [1.807, 2.05) is 0 Å². The molecular weight excluding hydrogens is 264 g/mol. The lowest BCUT2D eigenvalue weighted by atomic mass is 10.2. The van der Waals surface area contributed by atoms with Crippen LogP contribution in [0.2, 0.25) is 0 Å². The first-order valence-electron chi connectivity index (χ1n) is 6.59. The molecule has 0 unspecified atom stereocenters. The minimum atomic E-state index is -3.41. The first-order valence-corrected chi connectivity index (χ1v) is 8.08. The molecule has 6 heteroatoms. The summed E-state index contributed by atoms with van der Waals surface area (Å²) < 4.78 is 32.1. The van der Waals surface area contributed by atoms with Crippen LogP contribution < -0.4 is 14.8 Å². The van der Waals surface area contributed by atoms with Crippen LogP contribution in [0.1, 0.15) is 18.9 Å². The van der Waals surface area contributed by atoms with Crippen molar-refractivity contribution in [2.75, 3.05) is 26.2 Å². The molecular formula is C13H20N2O3S. The van der Waals surface area contributed by atoms with Gasteiger partial charge < -0.3 is 10.1 Å². The molecule has 0 aliphatic carbocycles. The number of sulfonamides is 1. The number of fused-ring (bicyclic) bond motifs is 1. The molecule has 0 saturated carbocycles. The van der Waals surface area contributed by atoms with E-state index in [1.165, 1.54) is 0 Å². The summed E-state index contributed by atoms with van der Waals surface area (Å²) in [7, 11) is -3.41. The first-order chi connectivity index (χ1) is 9.13. The predicted octanol–water partition coefficient (Wildman–Crippen LogP) is 0.899. The number of hydrogen-bond acceptors (Lipinski definition) is 4. The Bertz CT molecular complexity index is 529. The maximum Gasteiger partial charge on any atom is 0.240 e. The molecule has 2 rings (SSSR count). The zero-order chi connectivity index (χ0) is 13.7. The van der Waals surface area contributed by atoms with Crippen LogP contribution in [0, 0.1) is 0 Å².